The Labute approximate surface area is 179 Å². The summed E-state index contributed by atoms with van der Waals surface area (Å²) < 4.78 is 2.52. The van der Waals surface area contributed by atoms with Crippen molar-refractivity contribution in [1.82, 2.24) is 9.13 Å². The Morgan fingerprint density at radius 3 is 2.26 bits per heavy atom. The van der Waals surface area contributed by atoms with Crippen LogP contribution in [0.5, 0.6) is 0 Å². The molecule has 2 heterocycles. The van der Waals surface area contributed by atoms with Crippen LogP contribution in [0.3, 0.4) is 0 Å². The predicted octanol–water partition coefficient (Wildman–Crippen LogP) is 3.09. The lowest BCUT2D eigenvalue weighted by molar-refractivity contribution is 0.0953. The highest BCUT2D eigenvalue weighted by Crippen LogP contribution is 2.47. The molecule has 156 valence electrons. The van der Waals surface area contributed by atoms with Gasteiger partial charge in [0.05, 0.1) is 17.2 Å². The van der Waals surface area contributed by atoms with Gasteiger partial charge in [0, 0.05) is 31.1 Å². The monoisotopic (exact) mass is 413 g/mol. The normalized spacial score (nSPS) is 19.0. The number of rotatable bonds is 1. The van der Waals surface area contributed by atoms with E-state index < -0.39 is 23.1 Å². The van der Waals surface area contributed by atoms with Crippen molar-refractivity contribution >= 4 is 17.3 Å². The third-order valence-corrected chi connectivity index (χ3v) is 6.77. The van der Waals surface area contributed by atoms with E-state index in [4.69, 9.17) is 4.99 Å². The van der Waals surface area contributed by atoms with Gasteiger partial charge < -0.3 is 0 Å². The Bertz CT molecular complexity index is 1460. The summed E-state index contributed by atoms with van der Waals surface area (Å²) in [6.07, 6.45) is 0. The van der Waals surface area contributed by atoms with E-state index in [0.29, 0.717) is 22.7 Å². The number of aryl methyl sites for hydroxylation is 2. The molecule has 1 aromatic heterocycles. The van der Waals surface area contributed by atoms with Crippen molar-refractivity contribution in [3.63, 3.8) is 0 Å². The Hall–Kier alpha value is -3.54. The maximum Gasteiger partial charge on any atom is 0.332 e. The molecule has 6 heteroatoms. The van der Waals surface area contributed by atoms with Gasteiger partial charge in [-0.15, -0.1) is 0 Å². The third kappa shape index (κ3) is 2.51. The van der Waals surface area contributed by atoms with E-state index in [2.05, 4.69) is 12.1 Å². The minimum absolute atomic E-state index is 0.0283. The van der Waals surface area contributed by atoms with Gasteiger partial charge in [-0.3, -0.25) is 18.7 Å². The SMILES string of the molecule is Cc1cc(C)c(C)c([C@H]2c3c(n(C)c(=O)n(C)c3=O)N=C3c4ccccc4C(=O)[C@H]32)c1. The number of hydrogen-bond donors (Lipinski definition) is 0. The molecule has 0 saturated carbocycles. The van der Waals surface area contributed by atoms with Crippen molar-refractivity contribution in [1.29, 1.82) is 0 Å². The molecule has 2 aromatic carbocycles. The smallest absolute Gasteiger partial charge is 0.293 e. The van der Waals surface area contributed by atoms with E-state index in [0.717, 1.165) is 32.4 Å². The zero-order valence-corrected chi connectivity index (χ0v) is 18.2. The summed E-state index contributed by atoms with van der Waals surface area (Å²) in [5.41, 5.74) is 5.77. The number of carbonyl (C=O) groups is 1. The largest absolute Gasteiger partial charge is 0.332 e. The first-order valence-electron chi connectivity index (χ1n) is 10.3. The molecule has 1 aliphatic heterocycles. The molecule has 2 aliphatic rings. The molecular weight excluding hydrogens is 390 g/mol. The van der Waals surface area contributed by atoms with Crippen molar-refractivity contribution in [3.8, 4) is 0 Å². The lowest BCUT2D eigenvalue weighted by atomic mass is 9.74. The summed E-state index contributed by atoms with van der Waals surface area (Å²) >= 11 is 0. The zero-order valence-electron chi connectivity index (χ0n) is 18.2. The molecule has 0 spiro atoms. The average molecular weight is 413 g/mol. The van der Waals surface area contributed by atoms with Crippen molar-refractivity contribution < 1.29 is 4.79 Å². The molecule has 0 amide bonds. The molecule has 2 atom stereocenters. The molecule has 5 rings (SSSR count). The molecule has 0 fully saturated rings. The molecule has 6 nitrogen and oxygen atoms in total. The predicted molar refractivity (Wildman–Crippen MR) is 120 cm³/mol. The maximum atomic E-state index is 13.6. The lowest BCUT2D eigenvalue weighted by Gasteiger charge is -2.31. The highest BCUT2D eigenvalue weighted by atomic mass is 16.2. The minimum Gasteiger partial charge on any atom is -0.293 e. The van der Waals surface area contributed by atoms with Gasteiger partial charge >= 0.3 is 5.69 Å². The summed E-state index contributed by atoms with van der Waals surface area (Å²) in [4.78, 5) is 44.4. The Balaban J connectivity index is 1.95. The minimum atomic E-state index is -0.588. The van der Waals surface area contributed by atoms with E-state index >= 15 is 0 Å². The number of benzene rings is 2. The molecule has 0 N–H and O–H groups in total. The molecule has 0 bridgehead atoms. The van der Waals surface area contributed by atoms with Crippen LogP contribution in [0.15, 0.2) is 51.0 Å². The number of Topliss-reactive ketones (excluding diaryl/α,β-unsaturated/α-hetero) is 1. The summed E-state index contributed by atoms with van der Waals surface area (Å²) in [6, 6.07) is 11.6. The third-order valence-electron chi connectivity index (χ3n) is 6.77. The quantitative estimate of drug-likeness (QED) is 0.615. The molecule has 3 aromatic rings. The number of fused-ring (bicyclic) bond motifs is 4. The van der Waals surface area contributed by atoms with Crippen molar-refractivity contribution in [2.75, 3.05) is 0 Å². The van der Waals surface area contributed by atoms with Crippen molar-refractivity contribution in [2.45, 2.75) is 26.7 Å². The van der Waals surface area contributed by atoms with E-state index in [1.54, 1.807) is 7.05 Å². The molecule has 31 heavy (non-hydrogen) atoms. The van der Waals surface area contributed by atoms with Gasteiger partial charge in [-0.2, -0.15) is 0 Å². The van der Waals surface area contributed by atoms with E-state index in [1.165, 1.54) is 11.6 Å². The highest BCUT2D eigenvalue weighted by molar-refractivity contribution is 6.30. The molecule has 0 unspecified atom stereocenters. The van der Waals surface area contributed by atoms with E-state index in [1.807, 2.05) is 45.0 Å². The van der Waals surface area contributed by atoms with Crippen LogP contribution in [0, 0.1) is 26.7 Å². The summed E-state index contributed by atoms with van der Waals surface area (Å²) in [7, 11) is 3.10. The molecular formula is C25H23N3O3. The highest BCUT2D eigenvalue weighted by Gasteiger charge is 2.48. The number of hydrogen-bond acceptors (Lipinski definition) is 4. The molecule has 0 saturated heterocycles. The van der Waals surface area contributed by atoms with Crippen molar-refractivity contribution in [2.24, 2.45) is 25.0 Å². The zero-order chi connectivity index (χ0) is 22.2. The first kappa shape index (κ1) is 19.4. The van der Waals surface area contributed by atoms with Gasteiger partial charge in [0.25, 0.3) is 5.56 Å². The van der Waals surface area contributed by atoms with Gasteiger partial charge in [0.2, 0.25) is 0 Å². The molecule has 1 aliphatic carbocycles. The summed E-state index contributed by atoms with van der Waals surface area (Å²) in [5.74, 6) is -0.784. The number of ketones is 1. The fourth-order valence-electron chi connectivity index (χ4n) is 5.10. The number of carbonyl (C=O) groups excluding carboxylic acids is 1. The van der Waals surface area contributed by atoms with Gasteiger partial charge in [-0.1, -0.05) is 42.0 Å². The van der Waals surface area contributed by atoms with Crippen LogP contribution < -0.4 is 11.2 Å². The Morgan fingerprint density at radius 2 is 1.55 bits per heavy atom. The lowest BCUT2D eigenvalue weighted by Crippen LogP contribution is -2.43. The first-order valence-corrected chi connectivity index (χ1v) is 10.3. The van der Waals surface area contributed by atoms with E-state index in [9.17, 15) is 14.4 Å². The van der Waals surface area contributed by atoms with Crippen LogP contribution in [0.25, 0.3) is 0 Å². The van der Waals surface area contributed by atoms with Gasteiger partial charge in [-0.05, 0) is 37.5 Å². The Morgan fingerprint density at radius 1 is 0.871 bits per heavy atom. The van der Waals surface area contributed by atoms with Crippen LogP contribution >= 0.6 is 0 Å². The van der Waals surface area contributed by atoms with E-state index in [-0.39, 0.29) is 5.78 Å². The number of aliphatic imine (C=N–C) groups is 1. The topological polar surface area (TPSA) is 73.4 Å². The second-order valence-corrected chi connectivity index (χ2v) is 8.60. The second-order valence-electron chi connectivity index (χ2n) is 8.60. The molecule has 0 radical (unpaired) electrons. The van der Waals surface area contributed by atoms with Crippen LogP contribution in [0.1, 0.15) is 49.7 Å². The van der Waals surface area contributed by atoms with Crippen LogP contribution in [-0.2, 0) is 14.1 Å². The first-order chi connectivity index (χ1) is 14.7. The van der Waals surface area contributed by atoms with Crippen molar-refractivity contribution in [3.05, 3.63) is 96.2 Å². The fourth-order valence-corrected chi connectivity index (χ4v) is 5.10. The van der Waals surface area contributed by atoms with Crippen LogP contribution in [-0.4, -0.2) is 20.6 Å². The summed E-state index contributed by atoms with van der Waals surface area (Å²) in [5, 5.41) is 0. The average Bonchev–Trinajstić information content (AvgIpc) is 3.04. The Kier molecular flexibility index (Phi) is 4.06. The standard InChI is InChI=1S/C25H23N3O3/c1-12-10-13(2)14(3)17(11-12)18-19-21(15-8-6-7-9-16(15)22(19)29)26-23-20(18)24(30)28(5)25(31)27(23)4/h6-11,18-19H,1-5H3/t18-,19+/m1/s1. The van der Waals surface area contributed by atoms with Crippen LogP contribution in [0.4, 0.5) is 5.82 Å². The summed E-state index contributed by atoms with van der Waals surface area (Å²) in [6.45, 7) is 6.07. The second kappa shape index (κ2) is 6.48. The fraction of sp³-hybridized carbons (Fsp3) is 0.280. The van der Waals surface area contributed by atoms with Crippen LogP contribution in [0.2, 0.25) is 0 Å². The maximum absolute atomic E-state index is 13.6. The van der Waals surface area contributed by atoms with Gasteiger partial charge in [0.1, 0.15) is 5.82 Å². The number of aromatic nitrogens is 2. The van der Waals surface area contributed by atoms with Gasteiger partial charge in [0.15, 0.2) is 5.78 Å². The van der Waals surface area contributed by atoms with Gasteiger partial charge in [-0.25, -0.2) is 9.79 Å². The number of nitrogens with zero attached hydrogens (tertiary/aromatic N) is 3.